The largest absolute Gasteiger partial charge is 0.493 e. The molecule has 3 heterocycles. The maximum Gasteiger partial charge on any atom is 0.231 e. The Morgan fingerprint density at radius 3 is 2.47 bits per heavy atom. The van der Waals surface area contributed by atoms with Crippen LogP contribution >= 0.6 is 11.6 Å². The smallest absolute Gasteiger partial charge is 0.231 e. The number of rotatable bonds is 5. The number of nitrogens with zero attached hydrogens (tertiary/aromatic N) is 1. The third kappa shape index (κ3) is 3.43. The minimum Gasteiger partial charge on any atom is -0.493 e. The lowest BCUT2D eigenvalue weighted by Gasteiger charge is -2.21. The Labute approximate surface area is 203 Å². The summed E-state index contributed by atoms with van der Waals surface area (Å²) >= 11 is 6.12. The molecule has 2 aliphatic heterocycles. The first kappa shape index (κ1) is 21.1. The molecular weight excluding hydrogens is 450 g/mol. The number of aryl methyl sites for hydroxylation is 4. The zero-order chi connectivity index (χ0) is 23.2. The Morgan fingerprint density at radius 2 is 1.71 bits per heavy atom. The van der Waals surface area contributed by atoms with Gasteiger partial charge in [-0.2, -0.15) is 4.57 Å². The van der Waals surface area contributed by atoms with Crippen molar-refractivity contribution in [1.82, 2.24) is 0 Å². The monoisotopic (exact) mass is 474 g/mol. The number of aromatic nitrogens is 1. The average molecular weight is 475 g/mol. The van der Waals surface area contributed by atoms with Gasteiger partial charge in [0.15, 0.2) is 35.7 Å². The Balaban J connectivity index is 1.57. The maximum atomic E-state index is 6.12. The van der Waals surface area contributed by atoms with E-state index in [0.29, 0.717) is 0 Å². The van der Waals surface area contributed by atoms with E-state index < -0.39 is 0 Å². The molecule has 2 aliphatic rings. The zero-order valence-electron chi connectivity index (χ0n) is 19.2. The summed E-state index contributed by atoms with van der Waals surface area (Å²) in [5, 5.41) is 2.98. The van der Waals surface area contributed by atoms with Crippen LogP contribution in [0.5, 0.6) is 23.0 Å². The SMILES string of the molecule is COc1ccc2c(CCc3ccc(Cl)cc3)c3[n+](cc2c1OC)CCc1cc2c(cc1-3)OCO2. The fraction of sp³-hybridized carbons (Fsp3) is 0.250. The van der Waals surface area contributed by atoms with Crippen molar-refractivity contribution in [2.45, 2.75) is 25.8 Å². The van der Waals surface area contributed by atoms with E-state index in [0.717, 1.165) is 59.2 Å². The summed E-state index contributed by atoms with van der Waals surface area (Å²) in [4.78, 5) is 0. The summed E-state index contributed by atoms with van der Waals surface area (Å²) in [6.07, 6.45) is 4.90. The van der Waals surface area contributed by atoms with Gasteiger partial charge in [0.05, 0.1) is 25.2 Å². The molecule has 4 aromatic rings. The summed E-state index contributed by atoms with van der Waals surface area (Å²) in [6.45, 7) is 1.16. The number of ether oxygens (including phenoxy) is 4. The quantitative estimate of drug-likeness (QED) is 0.356. The van der Waals surface area contributed by atoms with Crippen molar-refractivity contribution in [3.05, 3.63) is 76.4 Å². The second-order valence-corrected chi connectivity index (χ2v) is 9.09. The van der Waals surface area contributed by atoms with Gasteiger partial charge in [-0.3, -0.25) is 0 Å². The van der Waals surface area contributed by atoms with Crippen molar-refractivity contribution < 1.29 is 23.5 Å². The molecular formula is C28H25ClNO4+. The van der Waals surface area contributed by atoms with Gasteiger partial charge in [-0.1, -0.05) is 23.7 Å². The van der Waals surface area contributed by atoms with Gasteiger partial charge in [0.25, 0.3) is 0 Å². The molecule has 0 fully saturated rings. The fourth-order valence-electron chi connectivity index (χ4n) is 5.18. The van der Waals surface area contributed by atoms with Gasteiger partial charge >= 0.3 is 0 Å². The summed E-state index contributed by atoms with van der Waals surface area (Å²) in [5.74, 6) is 3.14. The third-order valence-electron chi connectivity index (χ3n) is 6.82. The maximum absolute atomic E-state index is 6.12. The van der Waals surface area contributed by atoms with Crippen molar-refractivity contribution in [1.29, 1.82) is 0 Å². The Hall–Kier alpha value is -3.44. The second kappa shape index (κ2) is 8.41. The molecule has 0 spiro atoms. The second-order valence-electron chi connectivity index (χ2n) is 8.65. The molecule has 0 N–H and O–H groups in total. The summed E-state index contributed by atoms with van der Waals surface area (Å²) in [5.41, 5.74) is 6.26. The lowest BCUT2D eigenvalue weighted by atomic mass is 9.89. The van der Waals surface area contributed by atoms with E-state index in [1.54, 1.807) is 14.2 Å². The lowest BCUT2D eigenvalue weighted by molar-refractivity contribution is -0.686. The highest BCUT2D eigenvalue weighted by Gasteiger charge is 2.32. The molecule has 3 aromatic carbocycles. The molecule has 5 nitrogen and oxygen atoms in total. The van der Waals surface area contributed by atoms with Gasteiger partial charge in [-0.15, -0.1) is 0 Å². The average Bonchev–Trinajstić information content (AvgIpc) is 3.32. The molecule has 0 saturated carbocycles. The Kier molecular flexibility index (Phi) is 5.22. The molecule has 34 heavy (non-hydrogen) atoms. The molecule has 0 bridgehead atoms. The van der Waals surface area contributed by atoms with Crippen molar-refractivity contribution >= 4 is 22.4 Å². The van der Waals surface area contributed by atoms with Crippen molar-refractivity contribution in [3.63, 3.8) is 0 Å². The number of halogens is 1. The zero-order valence-corrected chi connectivity index (χ0v) is 19.9. The van der Waals surface area contributed by atoms with Crippen molar-refractivity contribution in [2.75, 3.05) is 21.0 Å². The van der Waals surface area contributed by atoms with Crippen LogP contribution < -0.4 is 23.5 Å². The summed E-state index contributed by atoms with van der Waals surface area (Å²) < 4.78 is 25.2. The predicted molar refractivity (Wildman–Crippen MR) is 131 cm³/mol. The van der Waals surface area contributed by atoms with E-state index >= 15 is 0 Å². The molecule has 1 aromatic heterocycles. The molecule has 6 heteroatoms. The van der Waals surface area contributed by atoms with Crippen molar-refractivity contribution in [2.24, 2.45) is 0 Å². The van der Waals surface area contributed by atoms with E-state index in [1.165, 1.54) is 33.3 Å². The third-order valence-corrected chi connectivity index (χ3v) is 7.07. The van der Waals surface area contributed by atoms with Crippen LogP contribution in [0.25, 0.3) is 22.0 Å². The number of fused-ring (bicyclic) bond motifs is 5. The fourth-order valence-corrected chi connectivity index (χ4v) is 5.31. The first-order valence-electron chi connectivity index (χ1n) is 11.4. The van der Waals surface area contributed by atoms with Crippen LogP contribution in [0, 0.1) is 0 Å². The van der Waals surface area contributed by atoms with Gasteiger partial charge in [-0.05, 0) is 60.4 Å². The van der Waals surface area contributed by atoms with Gasteiger partial charge in [0.1, 0.15) is 0 Å². The number of hydrogen-bond donors (Lipinski definition) is 0. The van der Waals surface area contributed by atoms with Gasteiger partial charge in [0.2, 0.25) is 12.5 Å². The van der Waals surface area contributed by atoms with E-state index in [1.807, 2.05) is 18.2 Å². The molecule has 0 aliphatic carbocycles. The van der Waals surface area contributed by atoms with Crippen molar-refractivity contribution in [3.8, 4) is 34.3 Å². The van der Waals surface area contributed by atoms with Crippen LogP contribution in [0.15, 0.2) is 54.7 Å². The van der Waals surface area contributed by atoms with E-state index in [9.17, 15) is 0 Å². The Bertz CT molecular complexity index is 1420. The number of pyridine rings is 1. The molecule has 0 radical (unpaired) electrons. The lowest BCUT2D eigenvalue weighted by Crippen LogP contribution is -2.41. The highest BCUT2D eigenvalue weighted by atomic mass is 35.5. The molecule has 0 unspecified atom stereocenters. The minimum absolute atomic E-state index is 0.274. The van der Waals surface area contributed by atoms with Crippen LogP contribution in [-0.4, -0.2) is 21.0 Å². The molecule has 0 saturated heterocycles. The summed E-state index contributed by atoms with van der Waals surface area (Å²) in [6, 6.07) is 16.5. The molecule has 6 rings (SSSR count). The van der Waals surface area contributed by atoms with Gasteiger partial charge in [-0.25, -0.2) is 0 Å². The molecule has 0 amide bonds. The Morgan fingerprint density at radius 1 is 0.912 bits per heavy atom. The number of benzene rings is 3. The predicted octanol–water partition coefficient (Wildman–Crippen LogP) is 5.53. The number of methoxy groups -OCH3 is 2. The first-order chi connectivity index (χ1) is 16.7. The van der Waals surface area contributed by atoms with Gasteiger partial charge < -0.3 is 18.9 Å². The number of hydrogen-bond acceptors (Lipinski definition) is 4. The standard InChI is InChI=1S/C28H25ClNO4/c1-31-24-10-9-20-21(8-5-17-3-6-19(29)7-4-17)27-22-14-26-25(33-16-34-26)13-18(22)11-12-30(27)15-23(20)28(24)32-2/h3-4,6-7,9-10,13-15H,5,8,11-12,16H2,1-2H3/q+1. The van der Waals surface area contributed by atoms with E-state index in [4.69, 9.17) is 30.5 Å². The van der Waals surface area contributed by atoms with Gasteiger partial charge in [0, 0.05) is 22.4 Å². The van der Waals surface area contributed by atoms with Crippen LogP contribution in [0.2, 0.25) is 5.02 Å². The molecule has 172 valence electrons. The highest BCUT2D eigenvalue weighted by Crippen LogP contribution is 2.43. The summed E-state index contributed by atoms with van der Waals surface area (Å²) in [7, 11) is 3.38. The first-order valence-corrected chi connectivity index (χ1v) is 11.8. The molecule has 0 atom stereocenters. The topological polar surface area (TPSA) is 40.8 Å². The normalized spacial score (nSPS) is 13.5. The van der Waals surface area contributed by atoms with E-state index in [2.05, 4.69) is 41.1 Å². The minimum atomic E-state index is 0.274. The van der Waals surface area contributed by atoms with Crippen LogP contribution in [0.3, 0.4) is 0 Å². The van der Waals surface area contributed by atoms with Crippen LogP contribution in [-0.2, 0) is 25.8 Å². The van der Waals surface area contributed by atoms with E-state index in [-0.39, 0.29) is 6.79 Å². The van der Waals surface area contributed by atoms with Crippen LogP contribution in [0.4, 0.5) is 0 Å². The van der Waals surface area contributed by atoms with Crippen LogP contribution in [0.1, 0.15) is 16.7 Å². The highest BCUT2D eigenvalue weighted by molar-refractivity contribution is 6.30.